The van der Waals surface area contributed by atoms with Gasteiger partial charge in [0.05, 0.1) is 11.8 Å². The van der Waals surface area contributed by atoms with E-state index in [4.69, 9.17) is 9.47 Å². The highest BCUT2D eigenvalue weighted by molar-refractivity contribution is 7.19. The number of halogens is 1. The second-order valence-corrected chi connectivity index (χ2v) is 8.62. The topological polar surface area (TPSA) is 47.6 Å². The van der Waals surface area contributed by atoms with Gasteiger partial charge in [-0.3, -0.25) is 4.79 Å². The SMILES string of the molecule is Cc1c(C2OC(C)Cc3cc4c(cc32)OC(C)C(=O)N4)sc2cccc(F)c12. The summed E-state index contributed by atoms with van der Waals surface area (Å²) in [6, 6.07) is 9.14. The predicted molar refractivity (Wildman–Crippen MR) is 108 cm³/mol. The number of aryl methyl sites for hydroxylation is 1. The van der Waals surface area contributed by atoms with Gasteiger partial charge in [0.2, 0.25) is 0 Å². The molecule has 1 aromatic heterocycles. The molecule has 0 saturated carbocycles. The molecular formula is C22H20FNO3S. The van der Waals surface area contributed by atoms with Gasteiger partial charge in [0.1, 0.15) is 17.7 Å². The van der Waals surface area contributed by atoms with Crippen LogP contribution in [0.1, 0.15) is 41.5 Å². The van der Waals surface area contributed by atoms with Crippen molar-refractivity contribution in [2.24, 2.45) is 0 Å². The van der Waals surface area contributed by atoms with Gasteiger partial charge < -0.3 is 14.8 Å². The molecule has 0 saturated heterocycles. The Hall–Kier alpha value is -2.44. The monoisotopic (exact) mass is 397 g/mol. The van der Waals surface area contributed by atoms with Crippen LogP contribution in [0.4, 0.5) is 10.1 Å². The minimum atomic E-state index is -0.535. The predicted octanol–water partition coefficient (Wildman–Crippen LogP) is 5.12. The first-order valence-corrected chi connectivity index (χ1v) is 10.2. The normalized spacial score (nSPS) is 23.7. The summed E-state index contributed by atoms with van der Waals surface area (Å²) in [5.41, 5.74) is 3.77. The molecule has 3 unspecified atom stereocenters. The standard InChI is InChI=1S/C22H20FNO3S/c1-10-7-13-8-16-17(27-12(3)22(25)24-16)9-14(13)20(26-10)21-11(2)19-15(23)5-4-6-18(19)28-21/h4-6,8-10,12,20H,7H2,1-3H3,(H,24,25). The van der Waals surface area contributed by atoms with Crippen molar-refractivity contribution in [3.05, 3.63) is 57.7 Å². The molecule has 28 heavy (non-hydrogen) atoms. The molecule has 3 atom stereocenters. The number of hydrogen-bond donors (Lipinski definition) is 1. The van der Waals surface area contributed by atoms with Gasteiger partial charge in [-0.2, -0.15) is 0 Å². The third kappa shape index (κ3) is 2.63. The van der Waals surface area contributed by atoms with Crippen molar-refractivity contribution in [2.75, 3.05) is 5.32 Å². The number of anilines is 1. The first-order valence-electron chi connectivity index (χ1n) is 9.39. The van der Waals surface area contributed by atoms with Gasteiger partial charge in [0.15, 0.2) is 6.10 Å². The van der Waals surface area contributed by atoms with Gasteiger partial charge in [-0.25, -0.2) is 4.39 Å². The van der Waals surface area contributed by atoms with Crippen molar-refractivity contribution in [3.63, 3.8) is 0 Å². The van der Waals surface area contributed by atoms with Crippen molar-refractivity contribution < 1.29 is 18.7 Å². The smallest absolute Gasteiger partial charge is 0.265 e. The number of carbonyl (C=O) groups is 1. The van der Waals surface area contributed by atoms with Crippen LogP contribution < -0.4 is 10.1 Å². The summed E-state index contributed by atoms with van der Waals surface area (Å²) in [6.07, 6.45) is -0.0443. The average molecular weight is 397 g/mol. The zero-order valence-electron chi connectivity index (χ0n) is 15.8. The zero-order valence-corrected chi connectivity index (χ0v) is 16.7. The first kappa shape index (κ1) is 17.6. The van der Waals surface area contributed by atoms with E-state index in [1.165, 1.54) is 6.07 Å². The van der Waals surface area contributed by atoms with E-state index in [1.807, 2.05) is 32.0 Å². The Morgan fingerprint density at radius 3 is 2.86 bits per heavy atom. The molecule has 0 radical (unpaired) electrons. The third-order valence-electron chi connectivity index (χ3n) is 5.51. The molecule has 2 aliphatic heterocycles. The third-order valence-corrected chi connectivity index (χ3v) is 6.81. The van der Waals surface area contributed by atoms with Crippen LogP contribution in [0.25, 0.3) is 10.1 Å². The van der Waals surface area contributed by atoms with E-state index in [1.54, 1.807) is 24.3 Å². The number of rotatable bonds is 1. The number of carbonyl (C=O) groups excluding carboxylic acids is 1. The molecule has 3 heterocycles. The molecule has 2 aromatic carbocycles. The van der Waals surface area contributed by atoms with Crippen LogP contribution in [0.2, 0.25) is 0 Å². The van der Waals surface area contributed by atoms with Gasteiger partial charge in [-0.05, 0) is 68.1 Å². The zero-order chi connectivity index (χ0) is 19.6. The van der Waals surface area contributed by atoms with E-state index >= 15 is 0 Å². The van der Waals surface area contributed by atoms with E-state index in [0.717, 1.165) is 32.7 Å². The summed E-state index contributed by atoms with van der Waals surface area (Å²) in [5, 5.41) is 3.59. The Kier molecular flexibility index (Phi) is 3.96. The maximum absolute atomic E-state index is 14.4. The first-order chi connectivity index (χ1) is 13.4. The van der Waals surface area contributed by atoms with Crippen LogP contribution in [-0.4, -0.2) is 18.1 Å². The van der Waals surface area contributed by atoms with Gasteiger partial charge in [0.25, 0.3) is 5.91 Å². The fourth-order valence-corrected chi connectivity index (χ4v) is 5.40. The van der Waals surface area contributed by atoms with Crippen molar-refractivity contribution in [3.8, 4) is 5.75 Å². The van der Waals surface area contributed by atoms with Crippen molar-refractivity contribution in [1.82, 2.24) is 0 Å². The van der Waals surface area contributed by atoms with Crippen molar-refractivity contribution >= 4 is 33.0 Å². The number of fused-ring (bicyclic) bond motifs is 3. The summed E-state index contributed by atoms with van der Waals surface area (Å²) in [7, 11) is 0. The molecular weight excluding hydrogens is 377 g/mol. The summed E-state index contributed by atoms with van der Waals surface area (Å²) in [5.74, 6) is 0.311. The number of amides is 1. The number of nitrogens with one attached hydrogen (secondary N) is 1. The van der Waals surface area contributed by atoms with Gasteiger partial charge in [0, 0.05) is 15.0 Å². The lowest BCUT2D eigenvalue weighted by molar-refractivity contribution is -0.122. The van der Waals surface area contributed by atoms with Crippen molar-refractivity contribution in [1.29, 1.82) is 0 Å². The van der Waals surface area contributed by atoms with Crippen molar-refractivity contribution in [2.45, 2.75) is 45.5 Å². The highest BCUT2D eigenvalue weighted by Gasteiger charge is 2.33. The fourth-order valence-electron chi connectivity index (χ4n) is 4.12. The Labute approximate surface area is 166 Å². The summed E-state index contributed by atoms with van der Waals surface area (Å²) >= 11 is 1.57. The quantitative estimate of drug-likeness (QED) is 0.620. The molecule has 4 nitrogen and oxygen atoms in total. The fraction of sp³-hybridized carbons (Fsp3) is 0.318. The highest BCUT2D eigenvalue weighted by Crippen LogP contribution is 2.46. The Bertz CT molecular complexity index is 1120. The number of benzene rings is 2. The minimum absolute atomic E-state index is 0.0177. The lowest BCUT2D eigenvalue weighted by atomic mass is 9.91. The van der Waals surface area contributed by atoms with Crippen LogP contribution in [0, 0.1) is 12.7 Å². The van der Waals surface area contributed by atoms with E-state index in [9.17, 15) is 9.18 Å². The maximum atomic E-state index is 14.4. The molecule has 0 aliphatic carbocycles. The molecule has 0 bridgehead atoms. The molecule has 2 aliphatic rings. The molecule has 5 rings (SSSR count). The second kappa shape index (κ2) is 6.29. The molecule has 144 valence electrons. The minimum Gasteiger partial charge on any atom is -0.479 e. The molecule has 3 aromatic rings. The summed E-state index contributed by atoms with van der Waals surface area (Å²) < 4.78 is 27.5. The average Bonchev–Trinajstić information content (AvgIpc) is 2.99. The molecule has 1 amide bonds. The number of hydrogen-bond acceptors (Lipinski definition) is 4. The van der Waals surface area contributed by atoms with Crippen LogP contribution >= 0.6 is 11.3 Å². The van der Waals surface area contributed by atoms with Crippen LogP contribution in [0.5, 0.6) is 5.75 Å². The van der Waals surface area contributed by atoms with E-state index in [0.29, 0.717) is 16.8 Å². The molecule has 0 fully saturated rings. The number of ether oxygens (including phenoxy) is 2. The number of thiophene rings is 1. The van der Waals surface area contributed by atoms with E-state index in [-0.39, 0.29) is 23.9 Å². The van der Waals surface area contributed by atoms with Gasteiger partial charge >= 0.3 is 0 Å². The van der Waals surface area contributed by atoms with E-state index in [2.05, 4.69) is 5.32 Å². The van der Waals surface area contributed by atoms with Crippen LogP contribution in [0.15, 0.2) is 30.3 Å². The lowest BCUT2D eigenvalue weighted by Gasteiger charge is -2.33. The highest BCUT2D eigenvalue weighted by atomic mass is 32.1. The van der Waals surface area contributed by atoms with Gasteiger partial charge in [-0.15, -0.1) is 11.3 Å². The summed E-state index contributed by atoms with van der Waals surface area (Å²) in [4.78, 5) is 13.0. The largest absolute Gasteiger partial charge is 0.479 e. The Morgan fingerprint density at radius 1 is 1.25 bits per heavy atom. The Balaban J connectivity index is 1.67. The van der Waals surface area contributed by atoms with E-state index < -0.39 is 6.10 Å². The second-order valence-electron chi connectivity index (χ2n) is 7.53. The van der Waals surface area contributed by atoms with Crippen LogP contribution in [-0.2, 0) is 16.0 Å². The molecule has 1 N–H and O–H groups in total. The van der Waals surface area contributed by atoms with Crippen LogP contribution in [0.3, 0.4) is 0 Å². The molecule has 6 heteroatoms. The lowest BCUT2D eigenvalue weighted by Crippen LogP contribution is -2.35. The molecule has 0 spiro atoms. The van der Waals surface area contributed by atoms with Gasteiger partial charge in [-0.1, -0.05) is 6.07 Å². The maximum Gasteiger partial charge on any atom is 0.265 e. The Morgan fingerprint density at radius 2 is 2.07 bits per heavy atom. The summed E-state index contributed by atoms with van der Waals surface area (Å²) in [6.45, 7) is 5.72.